The number of nitrogens with two attached hydrogens (primary N) is 2. The van der Waals surface area contributed by atoms with Crippen LogP contribution in [-0.4, -0.2) is 69.2 Å². The minimum Gasteiger partial charge on any atom is -0.468 e. The number of ether oxygens (including phenoxy) is 3. The van der Waals surface area contributed by atoms with E-state index in [2.05, 4.69) is 24.8 Å². The Morgan fingerprint density at radius 2 is 1.77 bits per heavy atom. The van der Waals surface area contributed by atoms with E-state index in [9.17, 15) is 14.2 Å². The number of hydrogen-bond acceptors (Lipinski definition) is 12. The normalized spacial score (nSPS) is 15.3. The van der Waals surface area contributed by atoms with E-state index in [4.69, 9.17) is 25.5 Å². The second-order valence-electron chi connectivity index (χ2n) is 9.51. The third-order valence-electron chi connectivity index (χ3n) is 5.64. The van der Waals surface area contributed by atoms with Crippen molar-refractivity contribution in [2.75, 3.05) is 19.2 Å². The van der Waals surface area contributed by atoms with Gasteiger partial charge in [-0.2, -0.15) is 0 Å². The summed E-state index contributed by atoms with van der Waals surface area (Å²) in [7, 11) is -2.53. The SMILES string of the molecule is COC(=O)[C@@H](N)Cc1ccc(O[P@@](=O)(CO[C@H](C)Cn2cnc3c(N)ncnc32)N[C@@H](C)C(=O)OC(C)C)cc1. The van der Waals surface area contributed by atoms with Gasteiger partial charge < -0.3 is 34.8 Å². The average molecular weight is 578 g/mol. The Bertz CT molecular complexity index is 1350. The number of aromatic nitrogens is 4. The molecule has 5 N–H and O–H groups in total. The number of imidazole rings is 1. The van der Waals surface area contributed by atoms with Crippen molar-refractivity contribution in [3.63, 3.8) is 0 Å². The number of carbonyl (C=O) groups is 2. The lowest BCUT2D eigenvalue weighted by Crippen LogP contribution is -2.37. The fourth-order valence-electron chi connectivity index (χ4n) is 3.70. The lowest BCUT2D eigenvalue weighted by molar-refractivity contribution is -0.149. The Morgan fingerprint density at radius 3 is 2.42 bits per heavy atom. The third kappa shape index (κ3) is 8.46. The van der Waals surface area contributed by atoms with Gasteiger partial charge in [-0.25, -0.2) is 20.0 Å². The van der Waals surface area contributed by atoms with Gasteiger partial charge in [0.2, 0.25) is 0 Å². The fourth-order valence-corrected chi connectivity index (χ4v) is 5.49. The minimum absolute atomic E-state index is 0.251. The lowest BCUT2D eigenvalue weighted by Gasteiger charge is -2.25. The van der Waals surface area contributed by atoms with Crippen LogP contribution in [0, 0.1) is 0 Å². The van der Waals surface area contributed by atoms with Crippen molar-refractivity contribution >= 4 is 36.4 Å². The first-order chi connectivity index (χ1) is 18.9. The van der Waals surface area contributed by atoms with Gasteiger partial charge in [-0.05, 0) is 51.8 Å². The summed E-state index contributed by atoms with van der Waals surface area (Å²) in [5, 5.41) is 2.76. The van der Waals surface area contributed by atoms with E-state index >= 15 is 0 Å². The van der Waals surface area contributed by atoms with Crippen LogP contribution in [0.1, 0.15) is 33.3 Å². The highest BCUT2D eigenvalue weighted by Gasteiger charge is 2.32. The van der Waals surface area contributed by atoms with E-state index in [1.807, 2.05) is 0 Å². The van der Waals surface area contributed by atoms with Gasteiger partial charge in [0.1, 0.15) is 36.0 Å². The van der Waals surface area contributed by atoms with Crippen LogP contribution in [0.4, 0.5) is 5.82 Å². The molecule has 3 aromatic rings. The van der Waals surface area contributed by atoms with Gasteiger partial charge in [0.05, 0.1) is 32.2 Å². The number of esters is 2. The van der Waals surface area contributed by atoms with Crippen LogP contribution in [0.25, 0.3) is 11.2 Å². The second kappa shape index (κ2) is 13.7. The van der Waals surface area contributed by atoms with Crippen molar-refractivity contribution < 1.29 is 32.9 Å². The highest BCUT2D eigenvalue weighted by atomic mass is 31.2. The third-order valence-corrected chi connectivity index (χ3v) is 7.42. The topological polar surface area (TPSA) is 196 Å². The molecule has 4 atom stereocenters. The summed E-state index contributed by atoms with van der Waals surface area (Å²) < 4.78 is 37.3. The van der Waals surface area contributed by atoms with Crippen LogP contribution in [0.15, 0.2) is 36.9 Å². The smallest absolute Gasteiger partial charge is 0.342 e. The molecule has 0 aliphatic carbocycles. The molecule has 0 amide bonds. The molecule has 2 heterocycles. The predicted octanol–water partition coefficient (Wildman–Crippen LogP) is 2.02. The highest BCUT2D eigenvalue weighted by molar-refractivity contribution is 7.57. The number of methoxy groups -OCH3 is 1. The van der Waals surface area contributed by atoms with Gasteiger partial charge in [0.15, 0.2) is 11.5 Å². The molecule has 0 spiro atoms. The maximum atomic E-state index is 13.9. The van der Waals surface area contributed by atoms with Crippen LogP contribution in [0.2, 0.25) is 0 Å². The van der Waals surface area contributed by atoms with Gasteiger partial charge in [0.25, 0.3) is 0 Å². The zero-order chi connectivity index (χ0) is 29.4. The summed E-state index contributed by atoms with van der Waals surface area (Å²) in [6.45, 7) is 7.09. The maximum Gasteiger partial charge on any atom is 0.342 e. The standard InChI is InChI=1S/C25H36N7O7P/c1-15(2)38-24(33)17(4)31-40(35,39-19-8-6-18(7-9-19)10-20(26)25(34)36-5)14-37-16(3)11-32-13-30-21-22(27)28-12-29-23(21)32/h6-9,12-13,15-17,20H,10-11,14,26H2,1-5H3,(H,31,35)(H2,27,28,29)/t16-,17+,20+,40+/m1/s1. The second-order valence-corrected chi connectivity index (χ2v) is 11.6. The monoisotopic (exact) mass is 577 g/mol. The molecule has 218 valence electrons. The van der Waals surface area contributed by atoms with E-state index < -0.39 is 37.6 Å². The molecule has 1 aromatic carbocycles. The van der Waals surface area contributed by atoms with Crippen molar-refractivity contribution in [3.8, 4) is 5.75 Å². The molecule has 14 nitrogen and oxygen atoms in total. The number of nitrogens with one attached hydrogen (secondary N) is 1. The molecular formula is C25H36N7O7P. The molecule has 2 aromatic heterocycles. The van der Waals surface area contributed by atoms with Crippen molar-refractivity contribution in [2.45, 2.75) is 65.0 Å². The van der Waals surface area contributed by atoms with E-state index in [1.54, 1.807) is 55.9 Å². The van der Waals surface area contributed by atoms with Crippen molar-refractivity contribution in [3.05, 3.63) is 42.5 Å². The number of rotatable bonds is 14. The molecule has 0 fully saturated rings. The molecule has 40 heavy (non-hydrogen) atoms. The Balaban J connectivity index is 1.72. The largest absolute Gasteiger partial charge is 0.468 e. The first kappa shape index (κ1) is 31.0. The van der Waals surface area contributed by atoms with Gasteiger partial charge in [-0.1, -0.05) is 12.1 Å². The van der Waals surface area contributed by atoms with Gasteiger partial charge in [-0.15, -0.1) is 0 Å². The van der Waals surface area contributed by atoms with E-state index in [0.29, 0.717) is 17.7 Å². The number of hydrogen-bond donors (Lipinski definition) is 3. The summed E-state index contributed by atoms with van der Waals surface area (Å²) in [6.07, 6.45) is 2.02. The maximum absolute atomic E-state index is 13.9. The lowest BCUT2D eigenvalue weighted by atomic mass is 10.1. The molecule has 3 rings (SSSR count). The van der Waals surface area contributed by atoms with Crippen LogP contribution in [0.5, 0.6) is 5.75 Å². The van der Waals surface area contributed by atoms with E-state index in [1.165, 1.54) is 20.4 Å². The predicted molar refractivity (Wildman–Crippen MR) is 147 cm³/mol. The van der Waals surface area contributed by atoms with Gasteiger partial charge >= 0.3 is 19.5 Å². The Hall–Kier alpha value is -3.58. The number of nitrogens with zero attached hydrogens (tertiary/aromatic N) is 4. The summed E-state index contributed by atoms with van der Waals surface area (Å²) in [6, 6.07) is 4.82. The van der Waals surface area contributed by atoms with E-state index in [-0.39, 0.29) is 30.4 Å². The van der Waals surface area contributed by atoms with Crippen molar-refractivity contribution in [1.82, 2.24) is 24.6 Å². The summed E-state index contributed by atoms with van der Waals surface area (Å²) in [5.41, 5.74) is 13.5. The Labute approximate surface area is 232 Å². The average Bonchev–Trinajstić information content (AvgIpc) is 3.31. The number of anilines is 1. The molecule has 0 saturated heterocycles. The molecule has 0 aliphatic heterocycles. The molecule has 0 saturated carbocycles. The fraction of sp³-hybridized carbons (Fsp3) is 0.480. The van der Waals surface area contributed by atoms with Gasteiger partial charge in [0, 0.05) is 0 Å². The molecule has 15 heteroatoms. The van der Waals surface area contributed by atoms with Crippen LogP contribution >= 0.6 is 7.52 Å². The zero-order valence-electron chi connectivity index (χ0n) is 23.1. The van der Waals surface area contributed by atoms with Crippen LogP contribution in [-0.2, 0) is 41.3 Å². The highest BCUT2D eigenvalue weighted by Crippen LogP contribution is 2.44. The number of nitrogen functional groups attached to an aromatic ring is 1. The van der Waals surface area contributed by atoms with Crippen LogP contribution < -0.4 is 21.1 Å². The quantitative estimate of drug-likeness (QED) is 0.186. The molecular weight excluding hydrogens is 541 g/mol. The molecule has 0 unspecified atom stereocenters. The Kier molecular flexibility index (Phi) is 10.6. The summed E-state index contributed by atoms with van der Waals surface area (Å²) in [4.78, 5) is 36.4. The van der Waals surface area contributed by atoms with E-state index in [0.717, 1.165) is 5.56 Å². The Morgan fingerprint density at radius 1 is 1.07 bits per heavy atom. The van der Waals surface area contributed by atoms with Crippen LogP contribution in [0.3, 0.4) is 0 Å². The number of benzene rings is 1. The molecule has 0 radical (unpaired) electrons. The van der Waals surface area contributed by atoms with Crippen molar-refractivity contribution in [2.24, 2.45) is 5.73 Å². The first-order valence-electron chi connectivity index (χ1n) is 12.6. The minimum atomic E-state index is -3.80. The zero-order valence-corrected chi connectivity index (χ0v) is 24.0. The van der Waals surface area contributed by atoms with Crippen molar-refractivity contribution in [1.29, 1.82) is 0 Å². The number of fused-ring (bicyclic) bond motifs is 1. The number of carbonyl (C=O) groups excluding carboxylic acids is 2. The van der Waals surface area contributed by atoms with Gasteiger partial charge in [-0.3, -0.25) is 14.2 Å². The molecule has 0 aliphatic rings. The summed E-state index contributed by atoms with van der Waals surface area (Å²) in [5.74, 6) is -0.581. The molecule has 0 bridgehead atoms. The first-order valence-corrected chi connectivity index (χ1v) is 14.4. The summed E-state index contributed by atoms with van der Waals surface area (Å²) >= 11 is 0.